The molecule has 1 aromatic carbocycles. The number of oxime groups is 1. The summed E-state index contributed by atoms with van der Waals surface area (Å²) in [6.07, 6.45) is 3.66. The van der Waals surface area contributed by atoms with E-state index in [1.165, 1.54) is 0 Å². The normalized spacial score (nSPS) is 15.2. The van der Waals surface area contributed by atoms with Gasteiger partial charge in [-0.3, -0.25) is 0 Å². The zero-order valence-corrected chi connectivity index (χ0v) is 12.4. The van der Waals surface area contributed by atoms with Crippen LogP contribution in [0.5, 0.6) is 0 Å². The Morgan fingerprint density at radius 2 is 2.11 bits per heavy atom. The molecule has 0 saturated carbocycles. The van der Waals surface area contributed by atoms with Gasteiger partial charge in [-0.05, 0) is 18.2 Å². The molecule has 0 fully saturated rings. The van der Waals surface area contributed by atoms with E-state index in [0.717, 1.165) is 17.7 Å². The highest BCUT2D eigenvalue weighted by molar-refractivity contribution is 7.98. The minimum atomic E-state index is 0.0780. The van der Waals surface area contributed by atoms with Crippen LogP contribution in [0.15, 0.2) is 35.5 Å². The molecule has 0 amide bonds. The smallest absolute Gasteiger partial charge is 0.141 e. The number of hydrogen-bond acceptors (Lipinski definition) is 4. The average Bonchev–Trinajstić information content (AvgIpc) is 2.46. The van der Waals surface area contributed by atoms with E-state index in [1.807, 2.05) is 30.0 Å². The van der Waals surface area contributed by atoms with Gasteiger partial charge >= 0.3 is 0 Å². The number of thioether (sulfide) groups is 1. The minimum Gasteiger partial charge on any atom is -0.409 e. The van der Waals surface area contributed by atoms with E-state index in [-0.39, 0.29) is 11.9 Å². The van der Waals surface area contributed by atoms with Gasteiger partial charge < -0.3 is 16.3 Å². The van der Waals surface area contributed by atoms with Crippen molar-refractivity contribution in [1.82, 2.24) is 5.32 Å². The molecule has 0 bridgehead atoms. The first-order valence-electron chi connectivity index (χ1n) is 6.47. The molecule has 2 atom stereocenters. The Hall–Kier alpha value is -1.20. The molecule has 0 aliphatic carbocycles. The van der Waals surface area contributed by atoms with Crippen molar-refractivity contribution in [2.45, 2.75) is 31.8 Å². The third kappa shape index (κ3) is 5.53. The molecule has 0 radical (unpaired) electrons. The van der Waals surface area contributed by atoms with Gasteiger partial charge in [0.25, 0.3) is 0 Å². The second-order valence-corrected chi connectivity index (χ2v) is 5.40. The third-order valence-electron chi connectivity index (χ3n) is 3.04. The number of benzene rings is 1. The summed E-state index contributed by atoms with van der Waals surface area (Å²) in [5.41, 5.74) is 6.82. The molecule has 4 N–H and O–H groups in total. The molecule has 0 aromatic heterocycles. The standard InChI is InChI=1S/C14H23N3OS/c1-3-12(10-19-2)16-13(9-14(15)17-18)11-7-5-4-6-8-11/h4-8,12-13,16,18H,3,9-10H2,1-2H3,(H2,15,17). The maximum atomic E-state index is 8.76. The summed E-state index contributed by atoms with van der Waals surface area (Å²) in [6, 6.07) is 10.6. The van der Waals surface area contributed by atoms with Crippen LogP contribution in [0, 0.1) is 0 Å². The van der Waals surface area contributed by atoms with Crippen molar-refractivity contribution in [1.29, 1.82) is 0 Å². The summed E-state index contributed by atoms with van der Waals surface area (Å²) in [6.45, 7) is 2.17. The van der Waals surface area contributed by atoms with Crippen LogP contribution in [0.2, 0.25) is 0 Å². The van der Waals surface area contributed by atoms with Crippen molar-refractivity contribution < 1.29 is 5.21 Å². The number of nitrogens with one attached hydrogen (secondary N) is 1. The lowest BCUT2D eigenvalue weighted by atomic mass is 10.0. The van der Waals surface area contributed by atoms with Crippen molar-refractivity contribution in [3.8, 4) is 0 Å². The molecule has 1 rings (SSSR count). The number of amidine groups is 1. The van der Waals surface area contributed by atoms with Gasteiger partial charge in [0.05, 0.1) is 0 Å². The first kappa shape index (κ1) is 15.9. The molecule has 1 aromatic rings. The summed E-state index contributed by atoms with van der Waals surface area (Å²) in [4.78, 5) is 0. The van der Waals surface area contributed by atoms with Crippen molar-refractivity contribution >= 4 is 17.6 Å². The quantitative estimate of drug-likeness (QED) is 0.296. The zero-order valence-electron chi connectivity index (χ0n) is 11.5. The van der Waals surface area contributed by atoms with Crippen LogP contribution in [0.4, 0.5) is 0 Å². The van der Waals surface area contributed by atoms with Crippen LogP contribution < -0.4 is 11.1 Å². The van der Waals surface area contributed by atoms with E-state index in [9.17, 15) is 0 Å². The van der Waals surface area contributed by atoms with Gasteiger partial charge in [-0.25, -0.2) is 0 Å². The SMILES string of the molecule is CCC(CSC)NC(C/C(N)=N/O)c1ccccc1. The van der Waals surface area contributed by atoms with Crippen LogP contribution in [-0.2, 0) is 0 Å². The van der Waals surface area contributed by atoms with Gasteiger partial charge in [-0.15, -0.1) is 0 Å². The Morgan fingerprint density at radius 3 is 2.63 bits per heavy atom. The van der Waals surface area contributed by atoms with Crippen molar-refractivity contribution in [3.63, 3.8) is 0 Å². The number of hydrogen-bond donors (Lipinski definition) is 3. The number of nitrogens with zero attached hydrogens (tertiary/aromatic N) is 1. The summed E-state index contributed by atoms with van der Waals surface area (Å²) in [5.74, 6) is 1.30. The lowest BCUT2D eigenvalue weighted by Crippen LogP contribution is -2.36. The second-order valence-electron chi connectivity index (χ2n) is 4.49. The molecule has 2 unspecified atom stereocenters. The summed E-state index contributed by atoms with van der Waals surface area (Å²) < 4.78 is 0. The molecule has 19 heavy (non-hydrogen) atoms. The van der Waals surface area contributed by atoms with Gasteiger partial charge in [0.2, 0.25) is 0 Å². The zero-order chi connectivity index (χ0) is 14.1. The third-order valence-corrected chi connectivity index (χ3v) is 3.78. The first-order valence-corrected chi connectivity index (χ1v) is 7.87. The topological polar surface area (TPSA) is 70.6 Å². The van der Waals surface area contributed by atoms with E-state index in [0.29, 0.717) is 12.5 Å². The molecule has 0 aliphatic rings. The van der Waals surface area contributed by atoms with Gasteiger partial charge in [0, 0.05) is 24.3 Å². The van der Waals surface area contributed by atoms with Crippen LogP contribution >= 0.6 is 11.8 Å². The summed E-state index contributed by atoms with van der Waals surface area (Å²) in [5, 5.41) is 15.4. The van der Waals surface area contributed by atoms with Gasteiger partial charge in [0.1, 0.15) is 5.84 Å². The Bertz CT molecular complexity index is 384. The Balaban J connectivity index is 2.80. The molecule has 5 heteroatoms. The maximum Gasteiger partial charge on any atom is 0.141 e. The monoisotopic (exact) mass is 281 g/mol. The van der Waals surface area contributed by atoms with Gasteiger partial charge in [-0.2, -0.15) is 11.8 Å². The van der Waals surface area contributed by atoms with Crippen LogP contribution in [0.3, 0.4) is 0 Å². The highest BCUT2D eigenvalue weighted by Gasteiger charge is 2.17. The first-order chi connectivity index (χ1) is 9.21. The van der Waals surface area contributed by atoms with Crippen molar-refractivity contribution in [2.24, 2.45) is 10.9 Å². The fourth-order valence-electron chi connectivity index (χ4n) is 1.98. The van der Waals surface area contributed by atoms with E-state index in [4.69, 9.17) is 10.9 Å². The minimum absolute atomic E-state index is 0.0780. The molecular weight excluding hydrogens is 258 g/mol. The van der Waals surface area contributed by atoms with E-state index >= 15 is 0 Å². The Morgan fingerprint density at radius 1 is 1.42 bits per heavy atom. The number of rotatable bonds is 8. The molecule has 0 aliphatic heterocycles. The maximum absolute atomic E-state index is 8.76. The molecule has 0 saturated heterocycles. The average molecular weight is 281 g/mol. The Kier molecular flexibility index (Phi) is 7.36. The Labute approximate surface area is 119 Å². The van der Waals surface area contributed by atoms with Gasteiger partial charge in [0.15, 0.2) is 0 Å². The van der Waals surface area contributed by atoms with Gasteiger partial charge in [-0.1, -0.05) is 42.4 Å². The second kappa shape index (κ2) is 8.82. The lowest BCUT2D eigenvalue weighted by Gasteiger charge is -2.24. The summed E-state index contributed by atoms with van der Waals surface area (Å²) >= 11 is 1.82. The molecular formula is C14H23N3OS. The predicted octanol–water partition coefficient (Wildman–Crippen LogP) is 2.60. The molecule has 0 heterocycles. The molecule has 4 nitrogen and oxygen atoms in total. The number of nitrogens with two attached hydrogens (primary N) is 1. The van der Waals surface area contributed by atoms with Crippen LogP contribution in [-0.4, -0.2) is 29.1 Å². The molecule has 106 valence electrons. The van der Waals surface area contributed by atoms with Crippen LogP contribution in [0.25, 0.3) is 0 Å². The fourth-order valence-corrected chi connectivity index (χ4v) is 2.71. The lowest BCUT2D eigenvalue weighted by molar-refractivity contribution is 0.315. The van der Waals surface area contributed by atoms with Crippen LogP contribution in [0.1, 0.15) is 31.4 Å². The van der Waals surface area contributed by atoms with E-state index in [2.05, 4.69) is 35.8 Å². The van der Waals surface area contributed by atoms with Crippen molar-refractivity contribution in [2.75, 3.05) is 12.0 Å². The van der Waals surface area contributed by atoms with E-state index < -0.39 is 0 Å². The predicted molar refractivity (Wildman–Crippen MR) is 82.8 cm³/mol. The molecule has 0 spiro atoms. The highest BCUT2D eigenvalue weighted by atomic mass is 32.2. The van der Waals surface area contributed by atoms with Crippen molar-refractivity contribution in [3.05, 3.63) is 35.9 Å². The summed E-state index contributed by atoms with van der Waals surface area (Å²) in [7, 11) is 0. The fraction of sp³-hybridized carbons (Fsp3) is 0.500. The van der Waals surface area contributed by atoms with E-state index in [1.54, 1.807) is 0 Å². The highest BCUT2D eigenvalue weighted by Crippen LogP contribution is 2.18. The largest absolute Gasteiger partial charge is 0.409 e.